The Hall–Kier alpha value is -1.81. The van der Waals surface area contributed by atoms with E-state index in [1.165, 1.54) is 0 Å². The molecule has 0 saturated carbocycles. The largest absolute Gasteiger partial charge is 0.481 e. The maximum absolute atomic E-state index is 10.8. The standard InChI is InChI=1S/C16H21NO3/c1-11(2)17(9-8-16(18)19)10-14-12(3)20-15-7-5-4-6-13(14)15/h4-7,11H,8-10H2,1-3H3,(H,18,19). The van der Waals surface area contributed by atoms with Crippen molar-refractivity contribution >= 4 is 16.9 Å². The van der Waals surface area contributed by atoms with E-state index in [4.69, 9.17) is 9.52 Å². The van der Waals surface area contributed by atoms with Gasteiger partial charge in [-0.05, 0) is 26.8 Å². The molecule has 0 fully saturated rings. The van der Waals surface area contributed by atoms with Gasteiger partial charge in [-0.15, -0.1) is 0 Å². The Morgan fingerprint density at radius 2 is 2.05 bits per heavy atom. The third kappa shape index (κ3) is 3.20. The van der Waals surface area contributed by atoms with Crippen molar-refractivity contribution in [1.82, 2.24) is 4.90 Å². The fraction of sp³-hybridized carbons (Fsp3) is 0.438. The molecule has 0 aliphatic rings. The van der Waals surface area contributed by atoms with Gasteiger partial charge in [-0.3, -0.25) is 9.69 Å². The minimum Gasteiger partial charge on any atom is -0.481 e. The van der Waals surface area contributed by atoms with Crippen LogP contribution in [0.5, 0.6) is 0 Å². The maximum atomic E-state index is 10.8. The van der Waals surface area contributed by atoms with Crippen LogP contribution in [0.3, 0.4) is 0 Å². The topological polar surface area (TPSA) is 53.7 Å². The lowest BCUT2D eigenvalue weighted by Gasteiger charge is -2.25. The molecular weight excluding hydrogens is 254 g/mol. The Morgan fingerprint density at radius 1 is 1.35 bits per heavy atom. The molecule has 0 atom stereocenters. The highest BCUT2D eigenvalue weighted by Gasteiger charge is 2.17. The summed E-state index contributed by atoms with van der Waals surface area (Å²) in [5, 5.41) is 9.97. The first kappa shape index (κ1) is 14.6. The van der Waals surface area contributed by atoms with Crippen LogP contribution in [-0.2, 0) is 11.3 Å². The number of hydrogen-bond donors (Lipinski definition) is 1. The van der Waals surface area contributed by atoms with Gasteiger partial charge in [0.2, 0.25) is 0 Å². The molecule has 1 N–H and O–H groups in total. The Balaban J connectivity index is 2.24. The zero-order valence-electron chi connectivity index (χ0n) is 12.2. The number of carbonyl (C=O) groups is 1. The summed E-state index contributed by atoms with van der Waals surface area (Å²) in [6.07, 6.45) is 0.160. The summed E-state index contributed by atoms with van der Waals surface area (Å²) in [7, 11) is 0. The smallest absolute Gasteiger partial charge is 0.304 e. The van der Waals surface area contributed by atoms with Crippen molar-refractivity contribution in [1.29, 1.82) is 0 Å². The lowest BCUT2D eigenvalue weighted by molar-refractivity contribution is -0.137. The number of hydrogen-bond acceptors (Lipinski definition) is 3. The van der Waals surface area contributed by atoms with Crippen LogP contribution in [0.1, 0.15) is 31.6 Å². The SMILES string of the molecule is Cc1oc2ccccc2c1CN(CCC(=O)O)C(C)C. The molecule has 0 bridgehead atoms. The second-order valence-electron chi connectivity index (χ2n) is 5.34. The Bertz CT molecular complexity index is 601. The van der Waals surface area contributed by atoms with Crippen molar-refractivity contribution in [3.8, 4) is 0 Å². The molecule has 0 radical (unpaired) electrons. The summed E-state index contributed by atoms with van der Waals surface area (Å²) in [6.45, 7) is 7.39. The molecule has 1 aromatic carbocycles. The fourth-order valence-electron chi connectivity index (χ4n) is 2.38. The van der Waals surface area contributed by atoms with Gasteiger partial charge in [0.15, 0.2) is 0 Å². The highest BCUT2D eigenvalue weighted by atomic mass is 16.4. The zero-order valence-corrected chi connectivity index (χ0v) is 12.2. The summed E-state index contributed by atoms with van der Waals surface area (Å²) in [5.41, 5.74) is 2.04. The number of aryl methyl sites for hydroxylation is 1. The van der Waals surface area contributed by atoms with Gasteiger partial charge in [0.05, 0.1) is 6.42 Å². The van der Waals surface area contributed by atoms with Gasteiger partial charge in [0.25, 0.3) is 0 Å². The third-order valence-corrected chi connectivity index (χ3v) is 3.60. The average Bonchev–Trinajstić information content (AvgIpc) is 2.70. The normalized spacial score (nSPS) is 11.7. The first-order valence-electron chi connectivity index (χ1n) is 6.92. The molecule has 0 amide bonds. The van der Waals surface area contributed by atoms with Crippen molar-refractivity contribution in [2.24, 2.45) is 0 Å². The number of nitrogens with zero attached hydrogens (tertiary/aromatic N) is 1. The fourth-order valence-corrected chi connectivity index (χ4v) is 2.38. The summed E-state index contributed by atoms with van der Waals surface area (Å²) < 4.78 is 5.76. The van der Waals surface area contributed by atoms with Crippen LogP contribution in [0.2, 0.25) is 0 Å². The molecule has 1 aromatic heterocycles. The predicted octanol–water partition coefficient (Wildman–Crippen LogP) is 3.43. The van der Waals surface area contributed by atoms with Crippen LogP contribution < -0.4 is 0 Å². The average molecular weight is 275 g/mol. The Morgan fingerprint density at radius 3 is 2.70 bits per heavy atom. The van der Waals surface area contributed by atoms with E-state index in [0.29, 0.717) is 19.1 Å². The molecule has 0 aliphatic heterocycles. The van der Waals surface area contributed by atoms with E-state index in [-0.39, 0.29) is 6.42 Å². The molecule has 108 valence electrons. The summed E-state index contributed by atoms with van der Waals surface area (Å²) >= 11 is 0. The number of carboxylic acids is 1. The number of fused-ring (bicyclic) bond motifs is 1. The van der Waals surface area contributed by atoms with E-state index in [1.54, 1.807) is 0 Å². The minimum absolute atomic E-state index is 0.160. The number of benzene rings is 1. The summed E-state index contributed by atoms with van der Waals surface area (Å²) in [5.74, 6) is 0.150. The number of para-hydroxylation sites is 1. The first-order valence-corrected chi connectivity index (χ1v) is 6.92. The van der Waals surface area contributed by atoms with Gasteiger partial charge in [-0.25, -0.2) is 0 Å². The molecule has 0 unspecified atom stereocenters. The highest BCUT2D eigenvalue weighted by Crippen LogP contribution is 2.27. The van der Waals surface area contributed by atoms with E-state index in [9.17, 15) is 4.79 Å². The van der Waals surface area contributed by atoms with Gasteiger partial charge in [-0.1, -0.05) is 18.2 Å². The van der Waals surface area contributed by atoms with Gasteiger partial charge >= 0.3 is 5.97 Å². The minimum atomic E-state index is -0.760. The van der Waals surface area contributed by atoms with Crippen LogP contribution in [0.4, 0.5) is 0 Å². The van der Waals surface area contributed by atoms with Crippen LogP contribution >= 0.6 is 0 Å². The number of carboxylic acid groups (broad SMARTS) is 1. The lowest BCUT2D eigenvalue weighted by Crippen LogP contribution is -2.32. The van der Waals surface area contributed by atoms with E-state index in [1.807, 2.05) is 25.1 Å². The van der Waals surface area contributed by atoms with Crippen LogP contribution in [0.25, 0.3) is 11.0 Å². The second-order valence-corrected chi connectivity index (χ2v) is 5.34. The highest BCUT2D eigenvalue weighted by molar-refractivity contribution is 5.82. The number of rotatable bonds is 6. The van der Waals surface area contributed by atoms with Gasteiger partial charge in [0.1, 0.15) is 11.3 Å². The van der Waals surface area contributed by atoms with Crippen LogP contribution in [-0.4, -0.2) is 28.6 Å². The molecule has 0 aliphatic carbocycles. The number of furan rings is 1. The monoisotopic (exact) mass is 275 g/mol. The molecule has 20 heavy (non-hydrogen) atoms. The third-order valence-electron chi connectivity index (χ3n) is 3.60. The van der Waals surface area contributed by atoms with Crippen molar-refractivity contribution in [3.63, 3.8) is 0 Å². The van der Waals surface area contributed by atoms with Crippen molar-refractivity contribution in [2.45, 2.75) is 39.8 Å². The molecule has 0 spiro atoms. The number of aliphatic carboxylic acids is 1. The molecule has 1 heterocycles. The zero-order chi connectivity index (χ0) is 14.7. The Labute approximate surface area is 119 Å². The van der Waals surface area contributed by atoms with Crippen molar-refractivity contribution < 1.29 is 14.3 Å². The van der Waals surface area contributed by atoms with Crippen LogP contribution in [0, 0.1) is 6.92 Å². The predicted molar refractivity (Wildman–Crippen MR) is 78.7 cm³/mol. The Kier molecular flexibility index (Phi) is 4.45. The van der Waals surface area contributed by atoms with Gasteiger partial charge < -0.3 is 9.52 Å². The molecule has 4 nitrogen and oxygen atoms in total. The first-order chi connectivity index (χ1) is 9.49. The van der Waals surface area contributed by atoms with E-state index < -0.39 is 5.97 Å². The van der Waals surface area contributed by atoms with Crippen molar-refractivity contribution in [3.05, 3.63) is 35.6 Å². The summed E-state index contributed by atoms with van der Waals surface area (Å²) in [6, 6.07) is 8.26. The summed E-state index contributed by atoms with van der Waals surface area (Å²) in [4.78, 5) is 12.9. The van der Waals surface area contributed by atoms with E-state index in [0.717, 1.165) is 22.3 Å². The molecule has 4 heteroatoms. The molecule has 2 aromatic rings. The van der Waals surface area contributed by atoms with Crippen molar-refractivity contribution in [2.75, 3.05) is 6.54 Å². The van der Waals surface area contributed by atoms with E-state index >= 15 is 0 Å². The van der Waals surface area contributed by atoms with Crippen LogP contribution in [0.15, 0.2) is 28.7 Å². The quantitative estimate of drug-likeness (QED) is 0.877. The van der Waals surface area contributed by atoms with E-state index in [2.05, 4.69) is 24.8 Å². The molecular formula is C16H21NO3. The second kappa shape index (κ2) is 6.09. The van der Waals surface area contributed by atoms with Gasteiger partial charge in [0, 0.05) is 30.1 Å². The molecule has 2 rings (SSSR count). The lowest BCUT2D eigenvalue weighted by atomic mass is 10.1. The maximum Gasteiger partial charge on any atom is 0.304 e. The molecule has 0 saturated heterocycles. The van der Waals surface area contributed by atoms with Gasteiger partial charge in [-0.2, -0.15) is 0 Å².